The predicted octanol–water partition coefficient (Wildman–Crippen LogP) is 12.3. The minimum absolute atomic E-state index is 0.437. The molecule has 0 fully saturated rings. The van der Waals surface area contributed by atoms with Gasteiger partial charge in [-0.05, 0) is 64.2 Å². The highest BCUT2D eigenvalue weighted by Gasteiger charge is 2.44. The van der Waals surface area contributed by atoms with Gasteiger partial charge < -0.3 is 4.74 Å². The lowest BCUT2D eigenvalue weighted by Crippen LogP contribution is -2.38. The molecule has 6 nitrogen and oxygen atoms in total. The number of hydrogen-bond acceptors (Lipinski definition) is 6. The van der Waals surface area contributed by atoms with E-state index in [-0.39, 0.29) is 0 Å². The molecule has 0 saturated carbocycles. The first kappa shape index (κ1) is 35.9. The van der Waals surface area contributed by atoms with Crippen LogP contribution in [0.2, 0.25) is 0 Å². The van der Waals surface area contributed by atoms with Crippen LogP contribution in [0.15, 0.2) is 200 Å². The molecule has 0 unspecified atom stereocenters. The number of fused-ring (bicyclic) bond motifs is 3. The van der Waals surface area contributed by atoms with Crippen molar-refractivity contribution in [1.82, 2.24) is 15.0 Å². The predicted molar refractivity (Wildman–Crippen MR) is 235 cm³/mol. The van der Waals surface area contributed by atoms with Gasteiger partial charge in [0.2, 0.25) is 0 Å². The Bertz CT molecular complexity index is 3080. The lowest BCUT2D eigenvalue weighted by Gasteiger charge is -2.41. The highest BCUT2D eigenvalue weighted by molar-refractivity contribution is 5.83. The third-order valence-electron chi connectivity index (χ3n) is 11.1. The fraction of sp³-hybridized carbons (Fsp3) is 0.0185. The summed E-state index contributed by atoms with van der Waals surface area (Å²) < 4.78 is 7.28. The van der Waals surface area contributed by atoms with Gasteiger partial charge >= 0.3 is 0 Å². The molecule has 0 atom stereocenters. The van der Waals surface area contributed by atoms with Crippen molar-refractivity contribution in [3.63, 3.8) is 0 Å². The van der Waals surface area contributed by atoms with Gasteiger partial charge in [-0.1, -0.05) is 164 Å². The molecular weight excluding hydrogens is 735 g/mol. The topological polar surface area (TPSA) is 95.5 Å². The van der Waals surface area contributed by atoms with Gasteiger partial charge in [0.25, 0.3) is 0 Å². The van der Waals surface area contributed by atoms with E-state index in [0.717, 1.165) is 66.9 Å². The van der Waals surface area contributed by atoms with E-state index in [0.29, 0.717) is 34.2 Å². The number of aromatic nitrogens is 3. The maximum absolute atomic E-state index is 10.2. The lowest BCUT2D eigenvalue weighted by atomic mass is 9.75. The standard InChI is InChI=1S/C54H33N5O/c55-34-36-20-22-39(23-21-36)51-57-52(59-53(58-51)42-29-30-46(43(32-42)35-56)38-12-4-1-5-13-38)40-26-24-37(25-27-40)41-28-31-48-47-18-10-11-19-49(47)54(60-50(48)33-41,44-14-6-2-7-15-44)45-16-8-3-9-17-45/h1-33H. The zero-order chi connectivity index (χ0) is 40.5. The largest absolute Gasteiger partial charge is 0.472 e. The van der Waals surface area contributed by atoms with E-state index in [1.165, 1.54) is 0 Å². The molecular formula is C54H33N5O. The van der Waals surface area contributed by atoms with Gasteiger partial charge in [-0.25, -0.2) is 15.0 Å². The average molecular weight is 768 g/mol. The molecule has 0 saturated heterocycles. The zero-order valence-electron chi connectivity index (χ0n) is 32.2. The summed E-state index contributed by atoms with van der Waals surface area (Å²) in [6.45, 7) is 0. The van der Waals surface area contributed by atoms with Crippen molar-refractivity contribution in [1.29, 1.82) is 10.5 Å². The molecule has 1 aromatic heterocycles. The van der Waals surface area contributed by atoms with E-state index in [1.54, 1.807) is 12.1 Å². The number of ether oxygens (including phenoxy) is 1. The monoisotopic (exact) mass is 767 g/mol. The summed E-state index contributed by atoms with van der Waals surface area (Å²) in [7, 11) is 0. The maximum Gasteiger partial charge on any atom is 0.185 e. The first-order valence-electron chi connectivity index (χ1n) is 19.6. The molecule has 0 aliphatic carbocycles. The van der Waals surface area contributed by atoms with Gasteiger partial charge in [-0.2, -0.15) is 10.5 Å². The van der Waals surface area contributed by atoms with E-state index in [1.807, 2.05) is 84.9 Å². The van der Waals surface area contributed by atoms with Crippen LogP contribution in [0.5, 0.6) is 5.75 Å². The molecule has 0 radical (unpaired) electrons. The number of hydrogen-bond donors (Lipinski definition) is 0. The molecule has 6 heteroatoms. The second-order valence-electron chi connectivity index (χ2n) is 14.6. The molecule has 1 aliphatic rings. The van der Waals surface area contributed by atoms with Gasteiger partial charge in [0.1, 0.15) is 5.75 Å². The van der Waals surface area contributed by atoms with Crippen molar-refractivity contribution in [2.75, 3.05) is 0 Å². The molecule has 1 aliphatic heterocycles. The van der Waals surface area contributed by atoms with Gasteiger partial charge in [-0.3, -0.25) is 0 Å². The Morgan fingerprint density at radius 3 is 1.50 bits per heavy atom. The fourth-order valence-corrected chi connectivity index (χ4v) is 8.11. The molecule has 9 aromatic rings. The van der Waals surface area contributed by atoms with Crippen molar-refractivity contribution < 1.29 is 4.74 Å². The van der Waals surface area contributed by atoms with E-state index in [4.69, 9.17) is 19.7 Å². The Labute approximate surface area is 348 Å². The van der Waals surface area contributed by atoms with Gasteiger partial charge in [-0.15, -0.1) is 0 Å². The molecule has 0 spiro atoms. The summed E-state index contributed by atoms with van der Waals surface area (Å²) in [4.78, 5) is 14.8. The summed E-state index contributed by atoms with van der Waals surface area (Å²) in [6, 6.07) is 71.3. The summed E-state index contributed by atoms with van der Waals surface area (Å²) in [6.07, 6.45) is 0. The third-order valence-corrected chi connectivity index (χ3v) is 11.1. The number of rotatable bonds is 7. The molecule has 280 valence electrons. The van der Waals surface area contributed by atoms with E-state index < -0.39 is 5.60 Å². The van der Waals surface area contributed by atoms with Crippen LogP contribution >= 0.6 is 0 Å². The van der Waals surface area contributed by atoms with E-state index >= 15 is 0 Å². The van der Waals surface area contributed by atoms with Crippen molar-refractivity contribution in [3.05, 3.63) is 228 Å². The van der Waals surface area contributed by atoms with Gasteiger partial charge in [0.15, 0.2) is 23.1 Å². The minimum atomic E-state index is -0.854. The molecule has 2 heterocycles. The van der Waals surface area contributed by atoms with Crippen molar-refractivity contribution >= 4 is 0 Å². The Morgan fingerprint density at radius 2 is 0.883 bits per heavy atom. The molecule has 8 aromatic carbocycles. The SMILES string of the molecule is N#Cc1ccc(-c2nc(-c3ccc(-c4ccc5c(c4)OC(c4ccccc4)(c4ccccc4)c4ccccc4-5)cc3)nc(-c3ccc(-c4ccccc4)c(C#N)c3)n2)cc1. The molecule has 10 rings (SSSR count). The molecule has 60 heavy (non-hydrogen) atoms. The fourth-order valence-electron chi connectivity index (χ4n) is 8.11. The highest BCUT2D eigenvalue weighted by Crippen LogP contribution is 2.52. The smallest absolute Gasteiger partial charge is 0.185 e. The van der Waals surface area contributed by atoms with Crippen LogP contribution in [0.3, 0.4) is 0 Å². The Kier molecular flexibility index (Phi) is 9.06. The third kappa shape index (κ3) is 6.36. The minimum Gasteiger partial charge on any atom is -0.472 e. The first-order valence-corrected chi connectivity index (χ1v) is 19.6. The number of nitrogens with zero attached hydrogens (tertiary/aromatic N) is 5. The zero-order valence-corrected chi connectivity index (χ0v) is 32.2. The van der Waals surface area contributed by atoms with Crippen LogP contribution in [0, 0.1) is 22.7 Å². The van der Waals surface area contributed by atoms with Crippen LogP contribution in [0.25, 0.3) is 67.5 Å². The second-order valence-corrected chi connectivity index (χ2v) is 14.6. The van der Waals surface area contributed by atoms with Crippen LogP contribution in [-0.2, 0) is 5.60 Å². The van der Waals surface area contributed by atoms with Crippen LogP contribution in [0.4, 0.5) is 0 Å². The van der Waals surface area contributed by atoms with Crippen LogP contribution in [0.1, 0.15) is 27.8 Å². The molecule has 0 N–H and O–H groups in total. The summed E-state index contributed by atoms with van der Waals surface area (Å²) >= 11 is 0. The van der Waals surface area contributed by atoms with Crippen molar-refractivity contribution in [2.24, 2.45) is 0 Å². The van der Waals surface area contributed by atoms with Crippen LogP contribution in [-0.4, -0.2) is 15.0 Å². The molecule has 0 bridgehead atoms. The maximum atomic E-state index is 10.2. The average Bonchev–Trinajstić information content (AvgIpc) is 3.34. The van der Waals surface area contributed by atoms with Crippen LogP contribution < -0.4 is 4.74 Å². The van der Waals surface area contributed by atoms with Crippen molar-refractivity contribution in [3.8, 4) is 85.4 Å². The van der Waals surface area contributed by atoms with E-state index in [2.05, 4.69) is 115 Å². The summed E-state index contributed by atoms with van der Waals surface area (Å²) in [5.74, 6) is 2.18. The lowest BCUT2D eigenvalue weighted by molar-refractivity contribution is 0.152. The Balaban J connectivity index is 1.05. The molecule has 0 amide bonds. The Hall–Kier alpha value is -8.45. The van der Waals surface area contributed by atoms with Gasteiger partial charge in [0.05, 0.1) is 23.3 Å². The highest BCUT2D eigenvalue weighted by atomic mass is 16.5. The van der Waals surface area contributed by atoms with Crippen molar-refractivity contribution in [2.45, 2.75) is 5.60 Å². The quantitative estimate of drug-likeness (QED) is 0.160. The Morgan fingerprint density at radius 1 is 0.383 bits per heavy atom. The van der Waals surface area contributed by atoms with E-state index in [9.17, 15) is 10.5 Å². The number of nitriles is 2. The first-order chi connectivity index (χ1) is 29.6. The normalized spacial score (nSPS) is 12.2. The second kappa shape index (κ2) is 15.1. The number of benzene rings is 8. The summed E-state index contributed by atoms with van der Waals surface area (Å²) in [5.41, 5.74) is 11.6. The van der Waals surface area contributed by atoms with Gasteiger partial charge in [0, 0.05) is 38.9 Å². The summed E-state index contributed by atoms with van der Waals surface area (Å²) in [5, 5.41) is 19.6.